The second-order valence-electron chi connectivity index (χ2n) is 6.68. The van der Waals surface area contributed by atoms with Gasteiger partial charge in [-0.3, -0.25) is 0 Å². The van der Waals surface area contributed by atoms with Gasteiger partial charge in [0.15, 0.2) is 0 Å². The van der Waals surface area contributed by atoms with E-state index in [1.165, 1.54) is 6.07 Å². The standard InChI is InChI=1S/C27H20FNS/c1-2-3-4-5-6-21-7-9-22(10-8-21)11-12-23-13-15-24(16-14-23)25-17-18-27(29-20-30)26(28)19-25/h7-10,13-19H,2-4H2,1H3. The molecule has 30 heavy (non-hydrogen) atoms. The first kappa shape index (κ1) is 21.2. The molecule has 0 amide bonds. The van der Waals surface area contributed by atoms with Gasteiger partial charge in [0.05, 0.1) is 5.16 Å². The van der Waals surface area contributed by atoms with E-state index in [1.54, 1.807) is 6.07 Å². The van der Waals surface area contributed by atoms with Gasteiger partial charge in [-0.2, -0.15) is 4.99 Å². The first-order chi connectivity index (χ1) is 14.7. The maximum absolute atomic E-state index is 14.0. The highest BCUT2D eigenvalue weighted by Gasteiger charge is 2.04. The monoisotopic (exact) mass is 409 g/mol. The predicted octanol–water partition coefficient (Wildman–Crippen LogP) is 7.17. The lowest BCUT2D eigenvalue weighted by Crippen LogP contribution is -1.83. The number of aliphatic imine (C=N–C) groups is 1. The maximum atomic E-state index is 14.0. The van der Waals surface area contributed by atoms with Gasteiger partial charge in [-0.25, -0.2) is 4.39 Å². The Morgan fingerprint density at radius 2 is 1.37 bits per heavy atom. The van der Waals surface area contributed by atoms with E-state index >= 15 is 0 Å². The summed E-state index contributed by atoms with van der Waals surface area (Å²) >= 11 is 4.52. The Labute approximate surface area is 182 Å². The zero-order valence-electron chi connectivity index (χ0n) is 16.7. The molecule has 0 atom stereocenters. The molecule has 0 unspecified atom stereocenters. The second-order valence-corrected chi connectivity index (χ2v) is 6.86. The average Bonchev–Trinajstić information content (AvgIpc) is 2.78. The summed E-state index contributed by atoms with van der Waals surface area (Å²) in [7, 11) is 0. The van der Waals surface area contributed by atoms with Gasteiger partial charge in [0.2, 0.25) is 0 Å². The fraction of sp³-hybridized carbons (Fsp3) is 0.148. The molecule has 146 valence electrons. The molecular weight excluding hydrogens is 389 g/mol. The van der Waals surface area contributed by atoms with Crippen LogP contribution < -0.4 is 0 Å². The molecule has 0 aliphatic heterocycles. The Bertz CT molecular complexity index is 1180. The molecule has 0 aromatic heterocycles. The fourth-order valence-corrected chi connectivity index (χ4v) is 2.88. The van der Waals surface area contributed by atoms with E-state index in [4.69, 9.17) is 0 Å². The van der Waals surface area contributed by atoms with E-state index in [2.05, 4.69) is 53.0 Å². The van der Waals surface area contributed by atoms with Crippen LogP contribution in [0, 0.1) is 29.5 Å². The number of nitrogens with zero attached hydrogens (tertiary/aromatic N) is 1. The van der Waals surface area contributed by atoms with Crippen LogP contribution in [0.4, 0.5) is 10.1 Å². The van der Waals surface area contributed by atoms with Crippen molar-refractivity contribution in [3.8, 4) is 34.8 Å². The van der Waals surface area contributed by atoms with E-state index in [9.17, 15) is 4.39 Å². The molecular formula is C27H20FNS. The molecule has 3 rings (SSSR count). The SMILES string of the molecule is CCCCC#Cc1ccc(C#Cc2ccc(-c3ccc(N=C=S)c(F)c3)cc2)cc1. The number of thiocarbonyl (C=S) groups is 1. The van der Waals surface area contributed by atoms with Crippen LogP contribution >= 0.6 is 12.2 Å². The Kier molecular flexibility index (Phi) is 7.71. The van der Waals surface area contributed by atoms with Crippen LogP contribution in [0.3, 0.4) is 0 Å². The van der Waals surface area contributed by atoms with E-state index < -0.39 is 5.82 Å². The smallest absolute Gasteiger partial charge is 0.150 e. The summed E-state index contributed by atoms with van der Waals surface area (Å²) in [6.45, 7) is 2.17. The van der Waals surface area contributed by atoms with Crippen molar-refractivity contribution in [1.82, 2.24) is 0 Å². The Hall–Kier alpha value is -3.49. The van der Waals surface area contributed by atoms with Crippen molar-refractivity contribution in [2.45, 2.75) is 26.2 Å². The zero-order valence-corrected chi connectivity index (χ0v) is 17.5. The minimum Gasteiger partial charge on any atom is -0.205 e. The molecule has 0 fully saturated rings. The van der Waals surface area contributed by atoms with Crippen molar-refractivity contribution in [3.63, 3.8) is 0 Å². The van der Waals surface area contributed by atoms with E-state index in [-0.39, 0.29) is 5.69 Å². The maximum Gasteiger partial charge on any atom is 0.150 e. The molecule has 0 bridgehead atoms. The number of unbranched alkanes of at least 4 members (excludes halogenated alkanes) is 2. The lowest BCUT2D eigenvalue weighted by atomic mass is 10.0. The quantitative estimate of drug-likeness (QED) is 0.193. The van der Waals surface area contributed by atoms with Crippen molar-refractivity contribution >= 4 is 23.1 Å². The van der Waals surface area contributed by atoms with Gasteiger partial charge in [-0.05, 0) is 78.3 Å². The highest BCUT2D eigenvalue weighted by molar-refractivity contribution is 7.78. The summed E-state index contributed by atoms with van der Waals surface area (Å²) < 4.78 is 14.0. The van der Waals surface area contributed by atoms with Gasteiger partial charge in [0, 0.05) is 23.1 Å². The van der Waals surface area contributed by atoms with Crippen molar-refractivity contribution in [2.24, 2.45) is 4.99 Å². The lowest BCUT2D eigenvalue weighted by molar-refractivity contribution is 0.630. The van der Waals surface area contributed by atoms with Gasteiger partial charge in [-0.1, -0.05) is 55.2 Å². The second kappa shape index (κ2) is 10.9. The molecule has 1 nitrogen and oxygen atoms in total. The third-order valence-electron chi connectivity index (χ3n) is 4.46. The molecule has 0 radical (unpaired) electrons. The molecule has 0 N–H and O–H groups in total. The van der Waals surface area contributed by atoms with Crippen LogP contribution in [0.2, 0.25) is 0 Å². The van der Waals surface area contributed by atoms with Crippen LogP contribution in [0.5, 0.6) is 0 Å². The largest absolute Gasteiger partial charge is 0.205 e. The predicted molar refractivity (Wildman–Crippen MR) is 125 cm³/mol. The zero-order chi connectivity index (χ0) is 21.2. The summed E-state index contributed by atoms with van der Waals surface area (Å²) in [4.78, 5) is 3.70. The molecule has 0 saturated heterocycles. The fourth-order valence-electron chi connectivity index (χ4n) is 2.78. The average molecular weight is 410 g/mol. The first-order valence-corrected chi connectivity index (χ1v) is 10.2. The van der Waals surface area contributed by atoms with Crippen molar-refractivity contribution in [1.29, 1.82) is 0 Å². The minimum atomic E-state index is -0.424. The van der Waals surface area contributed by atoms with E-state index in [1.807, 2.05) is 54.6 Å². The third kappa shape index (κ3) is 6.00. The summed E-state index contributed by atoms with van der Waals surface area (Å²) in [5, 5.41) is 2.18. The number of benzene rings is 3. The van der Waals surface area contributed by atoms with Crippen molar-refractivity contribution < 1.29 is 4.39 Å². The number of rotatable bonds is 4. The number of hydrogen-bond acceptors (Lipinski definition) is 2. The van der Waals surface area contributed by atoms with Crippen LogP contribution in [0.15, 0.2) is 71.7 Å². The van der Waals surface area contributed by atoms with Gasteiger partial charge in [0.1, 0.15) is 11.5 Å². The summed E-state index contributed by atoms with van der Waals surface area (Å²) in [5.41, 5.74) is 4.71. The van der Waals surface area contributed by atoms with Crippen molar-refractivity contribution in [3.05, 3.63) is 89.2 Å². The highest BCUT2D eigenvalue weighted by atomic mass is 32.1. The van der Waals surface area contributed by atoms with E-state index in [0.717, 1.165) is 47.1 Å². The Balaban J connectivity index is 1.69. The van der Waals surface area contributed by atoms with Gasteiger partial charge in [-0.15, -0.1) is 0 Å². The Morgan fingerprint density at radius 1 is 0.800 bits per heavy atom. The minimum absolute atomic E-state index is 0.189. The molecule has 0 spiro atoms. The van der Waals surface area contributed by atoms with Crippen LogP contribution in [0.25, 0.3) is 11.1 Å². The number of hydrogen-bond donors (Lipinski definition) is 0. The Morgan fingerprint density at radius 3 is 1.93 bits per heavy atom. The molecule has 0 aliphatic rings. The number of isothiocyanates is 1. The number of halogens is 1. The lowest BCUT2D eigenvalue weighted by Gasteiger charge is -2.03. The van der Waals surface area contributed by atoms with Gasteiger partial charge < -0.3 is 0 Å². The van der Waals surface area contributed by atoms with Gasteiger partial charge in [0.25, 0.3) is 0 Å². The molecule has 3 heteroatoms. The van der Waals surface area contributed by atoms with Crippen LogP contribution in [-0.2, 0) is 0 Å². The van der Waals surface area contributed by atoms with E-state index in [0.29, 0.717) is 0 Å². The molecule has 3 aromatic rings. The van der Waals surface area contributed by atoms with Crippen LogP contribution in [0.1, 0.15) is 42.9 Å². The topological polar surface area (TPSA) is 12.4 Å². The summed E-state index contributed by atoms with van der Waals surface area (Å²) in [6.07, 6.45) is 3.24. The normalized spacial score (nSPS) is 9.53. The first-order valence-electron chi connectivity index (χ1n) is 9.78. The molecule has 3 aromatic carbocycles. The molecule has 0 aliphatic carbocycles. The summed E-state index contributed by atoms with van der Waals surface area (Å²) in [6, 6.07) is 20.5. The summed E-state index contributed by atoms with van der Waals surface area (Å²) in [5.74, 6) is 12.3. The molecule has 0 saturated carbocycles. The van der Waals surface area contributed by atoms with Crippen molar-refractivity contribution in [2.75, 3.05) is 0 Å². The molecule has 0 heterocycles. The third-order valence-corrected chi connectivity index (χ3v) is 4.55. The highest BCUT2D eigenvalue weighted by Crippen LogP contribution is 2.26. The van der Waals surface area contributed by atoms with Gasteiger partial charge >= 0.3 is 0 Å². The van der Waals surface area contributed by atoms with Crippen LogP contribution in [-0.4, -0.2) is 5.16 Å².